The Labute approximate surface area is 76.7 Å². The summed E-state index contributed by atoms with van der Waals surface area (Å²) in [6, 6.07) is -1.15. The van der Waals surface area contributed by atoms with Gasteiger partial charge in [-0.25, -0.2) is 4.98 Å². The van der Waals surface area contributed by atoms with Crippen LogP contribution >= 0.6 is 15.9 Å². The van der Waals surface area contributed by atoms with Gasteiger partial charge in [0.15, 0.2) is 11.8 Å². The van der Waals surface area contributed by atoms with Crippen LogP contribution in [0, 0.1) is 6.92 Å². The van der Waals surface area contributed by atoms with Crippen molar-refractivity contribution in [1.29, 1.82) is 0 Å². The van der Waals surface area contributed by atoms with E-state index in [4.69, 9.17) is 15.3 Å². The molecular formula is C6H7BrN2O3. The predicted octanol–water partition coefficient (Wildman–Crippen LogP) is 0.830. The molecule has 66 valence electrons. The lowest BCUT2D eigenvalue weighted by molar-refractivity contribution is -0.139. The van der Waals surface area contributed by atoms with Crippen molar-refractivity contribution in [2.45, 2.75) is 13.0 Å². The van der Waals surface area contributed by atoms with Gasteiger partial charge in [0.25, 0.3) is 4.80 Å². The number of carboxylic acid groups (broad SMARTS) is 1. The van der Waals surface area contributed by atoms with Gasteiger partial charge in [0.2, 0.25) is 0 Å². The number of nitrogens with zero attached hydrogens (tertiary/aromatic N) is 1. The van der Waals surface area contributed by atoms with Crippen LogP contribution in [-0.4, -0.2) is 16.1 Å². The molecule has 0 bridgehead atoms. The number of oxazole rings is 1. The Kier molecular flexibility index (Phi) is 2.49. The Hall–Kier alpha value is -0.880. The Morgan fingerprint density at radius 2 is 2.42 bits per heavy atom. The van der Waals surface area contributed by atoms with Gasteiger partial charge in [0.05, 0.1) is 5.69 Å². The van der Waals surface area contributed by atoms with Crippen LogP contribution in [0.4, 0.5) is 0 Å². The van der Waals surface area contributed by atoms with Crippen LogP contribution in [0.15, 0.2) is 9.22 Å². The zero-order valence-electron chi connectivity index (χ0n) is 6.24. The SMILES string of the molecule is Cc1nc(Br)oc1C(N)C(=O)O. The molecule has 0 fully saturated rings. The first-order chi connectivity index (χ1) is 5.52. The zero-order valence-corrected chi connectivity index (χ0v) is 7.83. The third-order valence-electron chi connectivity index (χ3n) is 1.35. The van der Waals surface area contributed by atoms with Crippen molar-refractivity contribution in [3.8, 4) is 0 Å². The van der Waals surface area contributed by atoms with Crippen LogP contribution in [0.25, 0.3) is 0 Å². The standard InChI is InChI=1S/C6H7BrN2O3/c1-2-4(3(8)5(10)11)12-6(7)9-2/h3H,8H2,1H3,(H,10,11). The minimum atomic E-state index is -1.15. The number of rotatable bonds is 2. The van der Waals surface area contributed by atoms with Crippen molar-refractivity contribution in [3.05, 3.63) is 16.3 Å². The largest absolute Gasteiger partial charge is 0.480 e. The number of halogens is 1. The minimum absolute atomic E-state index is 0.175. The number of aromatic nitrogens is 1. The summed E-state index contributed by atoms with van der Waals surface area (Å²) in [5.41, 5.74) is 5.78. The van der Waals surface area contributed by atoms with Crippen LogP contribution in [0.2, 0.25) is 0 Å². The molecule has 0 spiro atoms. The van der Waals surface area contributed by atoms with E-state index in [1.54, 1.807) is 6.92 Å². The molecule has 0 amide bonds. The molecule has 3 N–H and O–H groups in total. The molecule has 0 aliphatic carbocycles. The summed E-state index contributed by atoms with van der Waals surface area (Å²) < 4.78 is 4.94. The molecule has 0 aliphatic heterocycles. The van der Waals surface area contributed by atoms with Gasteiger partial charge in [-0.1, -0.05) is 0 Å². The summed E-state index contributed by atoms with van der Waals surface area (Å²) in [6.07, 6.45) is 0. The molecule has 5 nitrogen and oxygen atoms in total. The molecule has 1 heterocycles. The first-order valence-electron chi connectivity index (χ1n) is 3.13. The molecule has 0 aromatic carbocycles. The van der Waals surface area contributed by atoms with E-state index in [1.807, 2.05) is 0 Å². The summed E-state index contributed by atoms with van der Waals surface area (Å²) in [6.45, 7) is 1.63. The molecule has 0 aliphatic rings. The van der Waals surface area contributed by atoms with E-state index in [2.05, 4.69) is 20.9 Å². The Bertz CT molecular complexity index is 310. The summed E-state index contributed by atoms with van der Waals surface area (Å²) in [4.78, 5) is 14.5. The number of hydrogen-bond donors (Lipinski definition) is 2. The molecule has 12 heavy (non-hydrogen) atoms. The maximum absolute atomic E-state index is 10.4. The third-order valence-corrected chi connectivity index (χ3v) is 1.69. The van der Waals surface area contributed by atoms with Gasteiger partial charge < -0.3 is 15.3 Å². The second-order valence-electron chi connectivity index (χ2n) is 2.23. The lowest BCUT2D eigenvalue weighted by Gasteiger charge is -2.01. The first kappa shape index (κ1) is 9.21. The van der Waals surface area contributed by atoms with E-state index in [0.717, 1.165) is 0 Å². The smallest absolute Gasteiger partial charge is 0.328 e. The second kappa shape index (κ2) is 3.24. The van der Waals surface area contributed by atoms with E-state index in [9.17, 15) is 4.79 Å². The average molecular weight is 235 g/mol. The van der Waals surface area contributed by atoms with Crippen LogP contribution < -0.4 is 5.73 Å². The zero-order chi connectivity index (χ0) is 9.30. The molecule has 0 saturated carbocycles. The third kappa shape index (κ3) is 1.64. The van der Waals surface area contributed by atoms with E-state index in [1.165, 1.54) is 0 Å². The highest BCUT2D eigenvalue weighted by Crippen LogP contribution is 2.20. The number of carboxylic acids is 1. The fraction of sp³-hybridized carbons (Fsp3) is 0.333. The van der Waals surface area contributed by atoms with Crippen molar-refractivity contribution in [3.63, 3.8) is 0 Å². The van der Waals surface area contributed by atoms with Gasteiger partial charge in [0.1, 0.15) is 0 Å². The maximum Gasteiger partial charge on any atom is 0.328 e. The molecule has 0 radical (unpaired) electrons. The summed E-state index contributed by atoms with van der Waals surface area (Å²) in [7, 11) is 0. The highest BCUT2D eigenvalue weighted by atomic mass is 79.9. The van der Waals surface area contributed by atoms with Crippen LogP contribution in [0.1, 0.15) is 17.5 Å². The highest BCUT2D eigenvalue weighted by molar-refractivity contribution is 9.10. The molecular weight excluding hydrogens is 228 g/mol. The average Bonchev–Trinajstić information content (AvgIpc) is 2.28. The number of aryl methyl sites for hydroxylation is 1. The van der Waals surface area contributed by atoms with Crippen molar-refractivity contribution in [2.24, 2.45) is 5.73 Å². The van der Waals surface area contributed by atoms with Gasteiger partial charge in [-0.3, -0.25) is 4.79 Å². The second-order valence-corrected chi connectivity index (χ2v) is 2.91. The maximum atomic E-state index is 10.4. The number of carbonyl (C=O) groups is 1. The number of nitrogens with two attached hydrogens (primary N) is 1. The lowest BCUT2D eigenvalue weighted by atomic mass is 10.2. The topological polar surface area (TPSA) is 89.4 Å². The van der Waals surface area contributed by atoms with Gasteiger partial charge in [-0.05, 0) is 6.92 Å². The van der Waals surface area contributed by atoms with Gasteiger partial charge in [-0.15, -0.1) is 0 Å². The van der Waals surface area contributed by atoms with Crippen molar-refractivity contribution >= 4 is 21.9 Å². The lowest BCUT2D eigenvalue weighted by Crippen LogP contribution is -2.20. The normalized spacial score (nSPS) is 12.9. The Balaban J connectivity index is 3.02. The van der Waals surface area contributed by atoms with Crippen LogP contribution in [0.5, 0.6) is 0 Å². The molecule has 1 unspecified atom stereocenters. The number of hydrogen-bond acceptors (Lipinski definition) is 4. The molecule has 1 aromatic heterocycles. The summed E-state index contributed by atoms with van der Waals surface area (Å²) >= 11 is 2.97. The predicted molar refractivity (Wildman–Crippen MR) is 43.5 cm³/mol. The van der Waals surface area contributed by atoms with Crippen LogP contribution in [-0.2, 0) is 4.79 Å². The fourth-order valence-corrected chi connectivity index (χ4v) is 1.22. The minimum Gasteiger partial charge on any atom is -0.480 e. The molecule has 1 aromatic rings. The molecule has 6 heteroatoms. The molecule has 1 atom stereocenters. The van der Waals surface area contributed by atoms with Gasteiger partial charge in [-0.2, -0.15) is 0 Å². The first-order valence-corrected chi connectivity index (χ1v) is 3.93. The van der Waals surface area contributed by atoms with Gasteiger partial charge in [0, 0.05) is 15.9 Å². The Morgan fingerprint density at radius 1 is 1.83 bits per heavy atom. The monoisotopic (exact) mass is 234 g/mol. The van der Waals surface area contributed by atoms with E-state index in [-0.39, 0.29) is 10.6 Å². The molecule has 1 rings (SSSR count). The van der Waals surface area contributed by atoms with Crippen molar-refractivity contribution in [2.75, 3.05) is 0 Å². The van der Waals surface area contributed by atoms with E-state index < -0.39 is 12.0 Å². The summed E-state index contributed by atoms with van der Waals surface area (Å²) in [5, 5.41) is 8.54. The van der Waals surface area contributed by atoms with Crippen molar-refractivity contribution < 1.29 is 14.3 Å². The number of aliphatic carboxylic acids is 1. The highest BCUT2D eigenvalue weighted by Gasteiger charge is 2.21. The summed E-state index contributed by atoms with van der Waals surface area (Å²) in [5.74, 6) is -0.962. The van der Waals surface area contributed by atoms with Gasteiger partial charge >= 0.3 is 5.97 Å². The van der Waals surface area contributed by atoms with Crippen LogP contribution in [0.3, 0.4) is 0 Å². The molecule has 0 saturated heterocycles. The quantitative estimate of drug-likeness (QED) is 0.792. The Morgan fingerprint density at radius 3 is 2.75 bits per heavy atom. The van der Waals surface area contributed by atoms with E-state index in [0.29, 0.717) is 5.69 Å². The van der Waals surface area contributed by atoms with Crippen molar-refractivity contribution in [1.82, 2.24) is 4.98 Å². The van der Waals surface area contributed by atoms with E-state index >= 15 is 0 Å². The fourth-order valence-electron chi connectivity index (χ4n) is 0.775.